The molecule has 0 N–H and O–H groups in total. The Morgan fingerprint density at radius 1 is 0.929 bits per heavy atom. The van der Waals surface area contributed by atoms with E-state index in [4.69, 9.17) is 4.42 Å². The molecule has 0 aliphatic carbocycles. The molecule has 0 saturated heterocycles. The highest BCUT2D eigenvalue weighted by atomic mass is 16.4. The molecule has 28 heavy (non-hydrogen) atoms. The quantitative estimate of drug-likeness (QED) is 0.178. The van der Waals surface area contributed by atoms with Gasteiger partial charge in [-0.05, 0) is 56.7 Å². The Morgan fingerprint density at radius 3 is 2.29 bits per heavy atom. The number of oxazole rings is 1. The van der Waals surface area contributed by atoms with Crippen LogP contribution in [-0.4, -0.2) is 10.8 Å². The zero-order chi connectivity index (χ0) is 20.0. The lowest BCUT2D eigenvalue weighted by Gasteiger charge is -1.99. The molecule has 0 unspecified atom stereocenters. The Bertz CT molecular complexity index is 729. The van der Waals surface area contributed by atoms with Crippen LogP contribution >= 0.6 is 0 Å². The van der Waals surface area contributed by atoms with Gasteiger partial charge in [-0.1, -0.05) is 70.1 Å². The van der Waals surface area contributed by atoms with Crippen LogP contribution in [0.5, 0.6) is 0 Å². The molecule has 0 aliphatic heterocycles. The van der Waals surface area contributed by atoms with Gasteiger partial charge in [-0.15, -0.1) is 0 Å². The minimum Gasteiger partial charge on any atom is -0.434 e. The van der Waals surface area contributed by atoms with E-state index in [1.54, 1.807) is 0 Å². The van der Waals surface area contributed by atoms with E-state index in [0.29, 0.717) is 12.0 Å². The number of allylic oxidation sites excluding steroid dienone is 2. The molecule has 0 bridgehead atoms. The fraction of sp³-hybridized carbons (Fsp3) is 0.600. The average molecular weight is 384 g/mol. The molecule has 0 spiro atoms. The third kappa shape index (κ3) is 8.41. The van der Waals surface area contributed by atoms with E-state index in [9.17, 15) is 4.79 Å². The Labute approximate surface area is 170 Å². The van der Waals surface area contributed by atoms with E-state index in [1.807, 2.05) is 25.1 Å². The van der Waals surface area contributed by atoms with Gasteiger partial charge in [-0.3, -0.25) is 4.79 Å². The Balaban J connectivity index is 1.48. The fourth-order valence-electron chi connectivity index (χ4n) is 3.44. The maximum atomic E-state index is 12.3. The van der Waals surface area contributed by atoms with E-state index >= 15 is 0 Å². The van der Waals surface area contributed by atoms with Crippen LogP contribution < -0.4 is 0 Å². The Kier molecular flexibility index (Phi) is 10.6. The number of hydrogen-bond donors (Lipinski definition) is 0. The van der Waals surface area contributed by atoms with E-state index < -0.39 is 0 Å². The first-order valence-corrected chi connectivity index (χ1v) is 11.3. The summed E-state index contributed by atoms with van der Waals surface area (Å²) in [6.07, 6.45) is 20.2. The van der Waals surface area contributed by atoms with Crippen LogP contribution in [0.1, 0.15) is 107 Å². The number of nitrogens with zero attached hydrogens (tertiary/aromatic N) is 1. The molecule has 3 heteroatoms. The number of aryl methyl sites for hydroxylation is 1. The summed E-state index contributed by atoms with van der Waals surface area (Å²) in [6.45, 7) is 4.28. The maximum Gasteiger partial charge on any atom is 0.264 e. The smallest absolute Gasteiger partial charge is 0.264 e. The molecule has 0 saturated carbocycles. The zero-order valence-electron chi connectivity index (χ0n) is 17.8. The van der Waals surface area contributed by atoms with Gasteiger partial charge in [0, 0.05) is 6.42 Å². The van der Waals surface area contributed by atoms with Crippen molar-refractivity contribution in [1.29, 1.82) is 0 Å². The molecule has 3 nitrogen and oxygen atoms in total. The van der Waals surface area contributed by atoms with E-state index in [-0.39, 0.29) is 11.7 Å². The van der Waals surface area contributed by atoms with Gasteiger partial charge < -0.3 is 4.42 Å². The number of Topliss-reactive ketones (excluding diaryl/α,β-unsaturated/α-hetero) is 1. The van der Waals surface area contributed by atoms with E-state index in [1.165, 1.54) is 57.8 Å². The first-order valence-electron chi connectivity index (χ1n) is 11.3. The highest BCUT2D eigenvalue weighted by Crippen LogP contribution is 2.19. The average Bonchev–Trinajstić information content (AvgIpc) is 3.11. The van der Waals surface area contributed by atoms with Gasteiger partial charge in [0.25, 0.3) is 5.89 Å². The largest absolute Gasteiger partial charge is 0.434 e. The number of carbonyl (C=O) groups is 1. The molecular formula is C25H37NO2. The second-order valence-electron chi connectivity index (χ2n) is 7.89. The van der Waals surface area contributed by atoms with Crippen molar-refractivity contribution in [2.45, 2.75) is 97.3 Å². The van der Waals surface area contributed by atoms with Crippen LogP contribution in [0.15, 0.2) is 34.8 Å². The van der Waals surface area contributed by atoms with Crippen LogP contribution in [0, 0.1) is 6.92 Å². The van der Waals surface area contributed by atoms with Crippen LogP contribution in [0.3, 0.4) is 0 Å². The standard InChI is InChI=1S/C25H37NO2/c1-3-4-5-6-7-8-9-10-11-12-13-14-15-16-17-23(27)25-26-22-20-21(2)18-19-24(22)28-25/h10-11,18-20H,3-9,12-17H2,1-2H3/b11-10-. The van der Waals surface area contributed by atoms with Crippen molar-refractivity contribution in [1.82, 2.24) is 4.98 Å². The minimum absolute atomic E-state index is 0.0210. The summed E-state index contributed by atoms with van der Waals surface area (Å²) in [5.74, 6) is 0.283. The molecule has 1 aromatic heterocycles. The number of benzene rings is 1. The van der Waals surface area contributed by atoms with Crippen molar-refractivity contribution in [2.24, 2.45) is 0 Å². The van der Waals surface area contributed by atoms with Crippen molar-refractivity contribution in [3.05, 3.63) is 41.8 Å². The second-order valence-corrected chi connectivity index (χ2v) is 7.89. The molecule has 0 amide bonds. The SMILES string of the molecule is CCCCCCCC/C=C\CCCCCCC(=O)c1nc2cc(C)ccc2o1. The van der Waals surface area contributed by atoms with Crippen LogP contribution in [0.4, 0.5) is 0 Å². The van der Waals surface area contributed by atoms with Crippen LogP contribution in [0.25, 0.3) is 11.1 Å². The Hall–Kier alpha value is -1.90. The summed E-state index contributed by atoms with van der Waals surface area (Å²) in [4.78, 5) is 16.6. The topological polar surface area (TPSA) is 43.1 Å². The van der Waals surface area contributed by atoms with Crippen molar-refractivity contribution in [3.63, 3.8) is 0 Å². The summed E-state index contributed by atoms with van der Waals surface area (Å²) in [6, 6.07) is 5.81. The molecule has 2 aromatic rings. The van der Waals surface area contributed by atoms with Crippen molar-refractivity contribution >= 4 is 16.9 Å². The van der Waals surface area contributed by atoms with Crippen LogP contribution in [0.2, 0.25) is 0 Å². The predicted molar refractivity (Wildman–Crippen MR) is 118 cm³/mol. The molecule has 1 aromatic carbocycles. The second kappa shape index (κ2) is 13.3. The number of rotatable bonds is 15. The van der Waals surface area contributed by atoms with Crippen LogP contribution in [-0.2, 0) is 0 Å². The first-order chi connectivity index (χ1) is 13.7. The van der Waals surface area contributed by atoms with Crippen molar-refractivity contribution < 1.29 is 9.21 Å². The third-order valence-corrected chi connectivity index (χ3v) is 5.20. The number of unbranched alkanes of at least 4 members (excludes halogenated alkanes) is 10. The van der Waals surface area contributed by atoms with Gasteiger partial charge in [0.1, 0.15) is 5.52 Å². The molecular weight excluding hydrogens is 346 g/mol. The van der Waals surface area contributed by atoms with E-state index in [2.05, 4.69) is 24.1 Å². The van der Waals surface area contributed by atoms with Gasteiger partial charge in [0.15, 0.2) is 5.58 Å². The lowest BCUT2D eigenvalue weighted by atomic mass is 10.1. The number of fused-ring (bicyclic) bond motifs is 1. The van der Waals surface area contributed by atoms with Gasteiger partial charge in [-0.2, -0.15) is 0 Å². The predicted octanol–water partition coefficient (Wildman–Crippen LogP) is 7.97. The van der Waals surface area contributed by atoms with Gasteiger partial charge >= 0.3 is 0 Å². The summed E-state index contributed by atoms with van der Waals surface area (Å²) < 4.78 is 5.58. The number of ketones is 1. The fourth-order valence-corrected chi connectivity index (χ4v) is 3.44. The monoisotopic (exact) mass is 383 g/mol. The van der Waals surface area contributed by atoms with Gasteiger partial charge in [-0.25, -0.2) is 4.98 Å². The molecule has 154 valence electrons. The van der Waals surface area contributed by atoms with Crippen molar-refractivity contribution in [3.8, 4) is 0 Å². The lowest BCUT2D eigenvalue weighted by Crippen LogP contribution is -1.98. The van der Waals surface area contributed by atoms with Gasteiger partial charge in [0.2, 0.25) is 5.78 Å². The summed E-state index contributed by atoms with van der Waals surface area (Å²) in [7, 11) is 0. The highest BCUT2D eigenvalue weighted by Gasteiger charge is 2.13. The maximum absolute atomic E-state index is 12.3. The zero-order valence-corrected chi connectivity index (χ0v) is 17.8. The molecule has 2 rings (SSSR count). The lowest BCUT2D eigenvalue weighted by molar-refractivity contribution is 0.0947. The van der Waals surface area contributed by atoms with Crippen molar-refractivity contribution in [2.75, 3.05) is 0 Å². The molecule has 0 radical (unpaired) electrons. The number of aromatic nitrogens is 1. The molecule has 0 fully saturated rings. The number of hydrogen-bond acceptors (Lipinski definition) is 3. The highest BCUT2D eigenvalue weighted by molar-refractivity contribution is 5.94. The first kappa shape index (κ1) is 22.4. The normalized spacial score (nSPS) is 11.6. The molecule has 0 atom stereocenters. The molecule has 1 heterocycles. The third-order valence-electron chi connectivity index (χ3n) is 5.20. The summed E-state index contributed by atoms with van der Waals surface area (Å²) in [5.41, 5.74) is 2.60. The minimum atomic E-state index is 0.0210. The Morgan fingerprint density at radius 2 is 1.57 bits per heavy atom. The molecule has 0 aliphatic rings. The van der Waals surface area contributed by atoms with Gasteiger partial charge in [0.05, 0.1) is 0 Å². The van der Waals surface area contributed by atoms with E-state index in [0.717, 1.165) is 30.3 Å². The summed E-state index contributed by atoms with van der Waals surface area (Å²) in [5, 5.41) is 0. The number of carbonyl (C=O) groups excluding carboxylic acids is 1. The summed E-state index contributed by atoms with van der Waals surface area (Å²) >= 11 is 0.